The fraction of sp³-hybridized carbons (Fsp3) is 0.385. The first kappa shape index (κ1) is 12.6. The summed E-state index contributed by atoms with van der Waals surface area (Å²) in [5.41, 5.74) is 1.13. The van der Waals surface area contributed by atoms with Crippen molar-refractivity contribution >= 4 is 0 Å². The Morgan fingerprint density at radius 3 is 3.00 bits per heavy atom. The molecule has 0 saturated heterocycles. The third-order valence-electron chi connectivity index (χ3n) is 2.48. The number of aromatic nitrogens is 2. The lowest BCUT2D eigenvalue weighted by molar-refractivity contribution is 0.283. The lowest BCUT2D eigenvalue weighted by atomic mass is 10.2. The first-order valence-corrected chi connectivity index (χ1v) is 6.07. The number of hydrogen-bond acceptors (Lipinski definition) is 5. The summed E-state index contributed by atoms with van der Waals surface area (Å²) in [6, 6.07) is 7.95. The van der Waals surface area contributed by atoms with Gasteiger partial charge in [0.25, 0.3) is 0 Å². The van der Waals surface area contributed by atoms with Crippen molar-refractivity contribution in [3.05, 3.63) is 42.0 Å². The zero-order valence-corrected chi connectivity index (χ0v) is 10.4. The van der Waals surface area contributed by atoms with Crippen molar-refractivity contribution in [3.63, 3.8) is 0 Å². The molecule has 1 aromatic heterocycles. The van der Waals surface area contributed by atoms with E-state index in [4.69, 9.17) is 4.74 Å². The Kier molecular flexibility index (Phi) is 4.72. The smallest absolute Gasteiger partial charge is 0.213 e. The molecule has 2 aromatic rings. The van der Waals surface area contributed by atoms with Gasteiger partial charge in [-0.1, -0.05) is 30.3 Å². The standard InChI is InChI=1S/C13H17N3O2/c1-2-7-14-8-11-5-3-4-6-12(11)17-9-13-15-10-18-16-13/h3-6,10,14H,2,7-9H2,1H3. The monoisotopic (exact) mass is 247 g/mol. The van der Waals surface area contributed by atoms with Gasteiger partial charge in [0.05, 0.1) is 0 Å². The molecule has 5 nitrogen and oxygen atoms in total. The van der Waals surface area contributed by atoms with Crippen LogP contribution in [-0.4, -0.2) is 16.7 Å². The van der Waals surface area contributed by atoms with Gasteiger partial charge in [-0.3, -0.25) is 0 Å². The number of para-hydroxylation sites is 1. The van der Waals surface area contributed by atoms with E-state index in [-0.39, 0.29) is 0 Å². The van der Waals surface area contributed by atoms with Crippen molar-refractivity contribution in [1.82, 2.24) is 15.5 Å². The molecule has 0 aliphatic heterocycles. The topological polar surface area (TPSA) is 60.2 Å². The SMILES string of the molecule is CCCNCc1ccccc1OCc1ncon1. The molecule has 0 saturated carbocycles. The molecule has 1 N–H and O–H groups in total. The quantitative estimate of drug-likeness (QED) is 0.760. The highest BCUT2D eigenvalue weighted by molar-refractivity contribution is 5.33. The van der Waals surface area contributed by atoms with Crippen LogP contribution < -0.4 is 10.1 Å². The molecule has 0 radical (unpaired) electrons. The Balaban J connectivity index is 1.94. The first-order valence-electron chi connectivity index (χ1n) is 6.07. The van der Waals surface area contributed by atoms with Gasteiger partial charge in [0, 0.05) is 12.1 Å². The van der Waals surface area contributed by atoms with Crippen LogP contribution in [0.1, 0.15) is 24.7 Å². The van der Waals surface area contributed by atoms with E-state index in [1.54, 1.807) is 0 Å². The van der Waals surface area contributed by atoms with Crippen LogP contribution in [0.2, 0.25) is 0 Å². The molecule has 0 unspecified atom stereocenters. The molecule has 0 spiro atoms. The molecule has 0 aliphatic rings. The molecule has 1 heterocycles. The third kappa shape index (κ3) is 3.56. The van der Waals surface area contributed by atoms with Crippen LogP contribution in [0.4, 0.5) is 0 Å². The summed E-state index contributed by atoms with van der Waals surface area (Å²) in [4.78, 5) is 3.92. The summed E-state index contributed by atoms with van der Waals surface area (Å²) in [6.07, 6.45) is 2.42. The summed E-state index contributed by atoms with van der Waals surface area (Å²) in [7, 11) is 0. The highest BCUT2D eigenvalue weighted by Crippen LogP contribution is 2.18. The second-order valence-corrected chi connectivity index (χ2v) is 3.92. The number of hydrogen-bond donors (Lipinski definition) is 1. The van der Waals surface area contributed by atoms with Crippen molar-refractivity contribution in [2.24, 2.45) is 0 Å². The van der Waals surface area contributed by atoms with E-state index in [1.165, 1.54) is 6.39 Å². The molecule has 5 heteroatoms. The minimum atomic E-state index is 0.321. The van der Waals surface area contributed by atoms with Gasteiger partial charge in [0.15, 0.2) is 6.61 Å². The molecule has 96 valence electrons. The van der Waals surface area contributed by atoms with Crippen molar-refractivity contribution in [3.8, 4) is 5.75 Å². The Hall–Kier alpha value is -1.88. The normalized spacial score (nSPS) is 10.5. The summed E-state index contributed by atoms with van der Waals surface area (Å²) in [6.45, 7) is 4.27. The van der Waals surface area contributed by atoms with Crippen LogP contribution in [0.5, 0.6) is 5.75 Å². The van der Waals surface area contributed by atoms with Gasteiger partial charge in [-0.15, -0.1) is 0 Å². The van der Waals surface area contributed by atoms with E-state index in [9.17, 15) is 0 Å². The van der Waals surface area contributed by atoms with E-state index in [0.717, 1.165) is 30.8 Å². The molecule has 2 rings (SSSR count). The zero-order valence-electron chi connectivity index (χ0n) is 10.4. The van der Waals surface area contributed by atoms with Crippen LogP contribution >= 0.6 is 0 Å². The lowest BCUT2D eigenvalue weighted by Gasteiger charge is -2.10. The van der Waals surface area contributed by atoms with Gasteiger partial charge in [0.2, 0.25) is 12.2 Å². The average Bonchev–Trinajstić information content (AvgIpc) is 2.91. The number of benzene rings is 1. The minimum absolute atomic E-state index is 0.321. The van der Waals surface area contributed by atoms with Gasteiger partial charge in [-0.05, 0) is 19.0 Å². The first-order chi connectivity index (χ1) is 8.90. The van der Waals surface area contributed by atoms with Gasteiger partial charge < -0.3 is 14.6 Å². The Morgan fingerprint density at radius 1 is 1.33 bits per heavy atom. The van der Waals surface area contributed by atoms with Crippen molar-refractivity contribution in [1.29, 1.82) is 0 Å². The molecule has 0 fully saturated rings. The summed E-state index contributed by atoms with van der Waals surface area (Å²) < 4.78 is 10.3. The average molecular weight is 247 g/mol. The van der Waals surface area contributed by atoms with Crippen LogP contribution in [0.3, 0.4) is 0 Å². The maximum Gasteiger partial charge on any atom is 0.213 e. The molecule has 18 heavy (non-hydrogen) atoms. The van der Waals surface area contributed by atoms with E-state index >= 15 is 0 Å². The zero-order chi connectivity index (χ0) is 12.6. The number of rotatable bonds is 7. The van der Waals surface area contributed by atoms with Crippen molar-refractivity contribution < 1.29 is 9.26 Å². The van der Waals surface area contributed by atoms with Gasteiger partial charge in [-0.25, -0.2) is 0 Å². The lowest BCUT2D eigenvalue weighted by Crippen LogP contribution is -2.14. The minimum Gasteiger partial charge on any atom is -0.485 e. The molecule has 0 atom stereocenters. The maximum absolute atomic E-state index is 5.69. The molecule has 0 amide bonds. The fourth-order valence-electron chi connectivity index (χ4n) is 1.59. The van der Waals surface area contributed by atoms with Crippen LogP contribution in [0.25, 0.3) is 0 Å². The van der Waals surface area contributed by atoms with E-state index in [2.05, 4.69) is 26.9 Å². The third-order valence-corrected chi connectivity index (χ3v) is 2.48. The molecule has 0 bridgehead atoms. The van der Waals surface area contributed by atoms with E-state index in [0.29, 0.717) is 12.4 Å². The van der Waals surface area contributed by atoms with Crippen molar-refractivity contribution in [2.45, 2.75) is 26.5 Å². The predicted octanol–water partition coefficient (Wildman–Crippen LogP) is 2.15. The predicted molar refractivity (Wildman–Crippen MR) is 67.1 cm³/mol. The number of ether oxygens (including phenoxy) is 1. The second-order valence-electron chi connectivity index (χ2n) is 3.92. The molecular formula is C13H17N3O2. The van der Waals surface area contributed by atoms with Gasteiger partial charge in [0.1, 0.15) is 5.75 Å². The van der Waals surface area contributed by atoms with Crippen molar-refractivity contribution in [2.75, 3.05) is 6.54 Å². The van der Waals surface area contributed by atoms with Gasteiger partial charge in [-0.2, -0.15) is 4.98 Å². The second kappa shape index (κ2) is 6.76. The molecule has 0 aliphatic carbocycles. The van der Waals surface area contributed by atoms with Crippen LogP contribution in [-0.2, 0) is 13.2 Å². The Labute approximate surface area is 106 Å². The largest absolute Gasteiger partial charge is 0.485 e. The molecule has 1 aromatic carbocycles. The van der Waals surface area contributed by atoms with E-state index in [1.807, 2.05) is 24.3 Å². The van der Waals surface area contributed by atoms with Crippen LogP contribution in [0.15, 0.2) is 35.2 Å². The summed E-state index contributed by atoms with van der Waals surface area (Å²) in [5.74, 6) is 1.40. The van der Waals surface area contributed by atoms with Crippen LogP contribution in [0, 0.1) is 0 Å². The van der Waals surface area contributed by atoms with Gasteiger partial charge >= 0.3 is 0 Å². The highest BCUT2D eigenvalue weighted by atomic mass is 16.5. The highest BCUT2D eigenvalue weighted by Gasteiger charge is 2.04. The summed E-state index contributed by atoms with van der Waals surface area (Å²) >= 11 is 0. The fourth-order valence-corrected chi connectivity index (χ4v) is 1.59. The maximum atomic E-state index is 5.69. The Morgan fingerprint density at radius 2 is 2.22 bits per heavy atom. The van der Waals surface area contributed by atoms with E-state index < -0.39 is 0 Å². The number of nitrogens with one attached hydrogen (secondary N) is 1. The molecular weight excluding hydrogens is 230 g/mol. The Bertz CT molecular complexity index is 457. The number of nitrogens with zero attached hydrogens (tertiary/aromatic N) is 2. The summed E-state index contributed by atoms with van der Waals surface area (Å²) in [5, 5.41) is 7.06.